The van der Waals surface area contributed by atoms with E-state index in [0.717, 1.165) is 12.1 Å². The van der Waals surface area contributed by atoms with Gasteiger partial charge in [-0.1, -0.05) is 0 Å². The number of alkyl halides is 4. The number of halogens is 4. The molecule has 0 saturated carbocycles. The molecule has 1 amide bonds. The summed E-state index contributed by atoms with van der Waals surface area (Å²) >= 11 is 6.86. The number of benzene rings is 1. The summed E-state index contributed by atoms with van der Waals surface area (Å²) in [6, 6.07) is 4.35. The van der Waals surface area contributed by atoms with E-state index in [1.807, 2.05) is 0 Å². The molecule has 2 aromatic rings. The van der Waals surface area contributed by atoms with Crippen molar-refractivity contribution in [1.29, 1.82) is 0 Å². The Bertz CT molecular complexity index is 640. The molecule has 0 aliphatic carbocycles. The van der Waals surface area contributed by atoms with Crippen molar-refractivity contribution in [3.8, 4) is 0 Å². The maximum absolute atomic E-state index is 12.5. The van der Waals surface area contributed by atoms with Gasteiger partial charge in [0.15, 0.2) is 5.13 Å². The van der Waals surface area contributed by atoms with Crippen molar-refractivity contribution in [2.75, 3.05) is 4.90 Å². The number of anilines is 2. The second kappa shape index (κ2) is 6.03. The van der Waals surface area contributed by atoms with E-state index in [1.165, 1.54) is 35.3 Å². The SMILES string of the molecule is CC(=O)N(c1ccc(C(F)(F)F)cc1)c1nc(CCl)cs1. The van der Waals surface area contributed by atoms with Crippen molar-refractivity contribution in [1.82, 2.24) is 4.98 Å². The standard InChI is InChI=1S/C13H10ClF3N2OS/c1-8(20)19(12-18-10(6-14)7-21-12)11-4-2-9(3-5-11)13(15,16)17/h2-5,7H,6H2,1H3. The van der Waals surface area contributed by atoms with E-state index in [4.69, 9.17) is 11.6 Å². The van der Waals surface area contributed by atoms with Crippen LogP contribution < -0.4 is 4.90 Å². The molecule has 0 fully saturated rings. The lowest BCUT2D eigenvalue weighted by Crippen LogP contribution is -2.22. The average molecular weight is 335 g/mol. The molecule has 1 aromatic heterocycles. The second-order valence-corrected chi connectivity index (χ2v) is 5.26. The summed E-state index contributed by atoms with van der Waals surface area (Å²) in [5.74, 6) is -0.139. The van der Waals surface area contributed by atoms with Gasteiger partial charge < -0.3 is 0 Å². The molecule has 0 radical (unpaired) electrons. The quantitative estimate of drug-likeness (QED) is 0.769. The Hall–Kier alpha value is -1.60. The van der Waals surface area contributed by atoms with Gasteiger partial charge in [0.05, 0.1) is 22.8 Å². The minimum absolute atomic E-state index is 0.204. The monoisotopic (exact) mass is 334 g/mol. The fourth-order valence-corrected chi connectivity index (χ4v) is 2.80. The van der Waals surface area contributed by atoms with Crippen molar-refractivity contribution in [3.05, 3.63) is 40.9 Å². The molecule has 0 spiro atoms. The normalized spacial score (nSPS) is 11.5. The Balaban J connectivity index is 2.37. The zero-order chi connectivity index (χ0) is 15.6. The van der Waals surface area contributed by atoms with Gasteiger partial charge >= 0.3 is 6.18 Å². The summed E-state index contributed by atoms with van der Waals surface area (Å²) in [6.45, 7) is 1.32. The number of amides is 1. The number of aromatic nitrogens is 1. The predicted molar refractivity (Wildman–Crippen MR) is 75.9 cm³/mol. The molecule has 21 heavy (non-hydrogen) atoms. The highest BCUT2D eigenvalue weighted by Crippen LogP contribution is 2.33. The van der Waals surface area contributed by atoms with Gasteiger partial charge in [-0.05, 0) is 24.3 Å². The first-order valence-electron chi connectivity index (χ1n) is 5.81. The van der Waals surface area contributed by atoms with Crippen LogP contribution in [0.2, 0.25) is 0 Å². The molecular formula is C13H10ClF3N2OS. The minimum atomic E-state index is -4.41. The number of hydrogen-bond acceptors (Lipinski definition) is 3. The van der Waals surface area contributed by atoms with Crippen LogP contribution in [0, 0.1) is 0 Å². The fraction of sp³-hybridized carbons (Fsp3) is 0.231. The van der Waals surface area contributed by atoms with Gasteiger partial charge in [0.2, 0.25) is 5.91 Å². The number of carbonyl (C=O) groups excluding carboxylic acids is 1. The van der Waals surface area contributed by atoms with Crippen molar-refractivity contribution in [3.63, 3.8) is 0 Å². The Morgan fingerprint density at radius 1 is 1.33 bits per heavy atom. The number of rotatable bonds is 3. The van der Waals surface area contributed by atoms with Crippen LogP contribution >= 0.6 is 22.9 Å². The van der Waals surface area contributed by atoms with E-state index >= 15 is 0 Å². The highest BCUT2D eigenvalue weighted by molar-refractivity contribution is 7.14. The Morgan fingerprint density at radius 2 is 1.95 bits per heavy atom. The Morgan fingerprint density at radius 3 is 2.38 bits per heavy atom. The van der Waals surface area contributed by atoms with Crippen LogP contribution in [0.4, 0.5) is 24.0 Å². The molecule has 0 unspecified atom stereocenters. The zero-order valence-corrected chi connectivity index (χ0v) is 12.4. The third-order valence-electron chi connectivity index (χ3n) is 2.64. The van der Waals surface area contributed by atoms with E-state index in [2.05, 4.69) is 4.98 Å². The first-order valence-corrected chi connectivity index (χ1v) is 7.22. The molecule has 2 rings (SSSR count). The number of hydrogen-bond donors (Lipinski definition) is 0. The molecule has 0 aliphatic heterocycles. The molecule has 0 atom stereocenters. The molecule has 0 saturated heterocycles. The molecular weight excluding hydrogens is 325 g/mol. The first kappa shape index (κ1) is 15.8. The topological polar surface area (TPSA) is 33.2 Å². The fourth-order valence-electron chi connectivity index (χ4n) is 1.69. The molecule has 8 heteroatoms. The van der Waals surface area contributed by atoms with Gasteiger partial charge in [0, 0.05) is 12.3 Å². The lowest BCUT2D eigenvalue weighted by atomic mass is 10.2. The van der Waals surface area contributed by atoms with Crippen molar-refractivity contribution in [2.24, 2.45) is 0 Å². The molecule has 0 bridgehead atoms. The summed E-state index contributed by atoms with van der Waals surface area (Å²) in [5.41, 5.74) is 0.163. The first-order chi connectivity index (χ1) is 9.82. The number of nitrogens with zero attached hydrogens (tertiary/aromatic N) is 2. The Labute approximate surface area is 128 Å². The highest BCUT2D eigenvalue weighted by atomic mass is 35.5. The van der Waals surface area contributed by atoms with Gasteiger partial charge in [-0.2, -0.15) is 13.2 Å². The molecule has 112 valence electrons. The van der Waals surface area contributed by atoms with Crippen LogP contribution in [-0.4, -0.2) is 10.9 Å². The van der Waals surface area contributed by atoms with Gasteiger partial charge in [0.25, 0.3) is 0 Å². The molecule has 3 nitrogen and oxygen atoms in total. The zero-order valence-electron chi connectivity index (χ0n) is 10.8. The summed E-state index contributed by atoms with van der Waals surface area (Å²) < 4.78 is 37.6. The molecule has 1 heterocycles. The number of carbonyl (C=O) groups is 1. The maximum Gasteiger partial charge on any atom is 0.416 e. The summed E-state index contributed by atoms with van der Waals surface area (Å²) in [7, 11) is 0. The maximum atomic E-state index is 12.5. The second-order valence-electron chi connectivity index (χ2n) is 4.15. The third kappa shape index (κ3) is 3.54. The van der Waals surface area contributed by atoms with E-state index in [-0.39, 0.29) is 11.8 Å². The lowest BCUT2D eigenvalue weighted by Gasteiger charge is -2.18. The lowest BCUT2D eigenvalue weighted by molar-refractivity contribution is -0.137. The highest BCUT2D eigenvalue weighted by Gasteiger charge is 2.30. The molecule has 0 N–H and O–H groups in total. The molecule has 1 aromatic carbocycles. The molecule has 0 aliphatic rings. The van der Waals surface area contributed by atoms with E-state index in [0.29, 0.717) is 16.5 Å². The van der Waals surface area contributed by atoms with Crippen molar-refractivity contribution < 1.29 is 18.0 Å². The van der Waals surface area contributed by atoms with Crippen LogP contribution in [0.5, 0.6) is 0 Å². The van der Waals surface area contributed by atoms with E-state index < -0.39 is 11.7 Å². The van der Waals surface area contributed by atoms with Gasteiger partial charge in [-0.3, -0.25) is 9.69 Å². The van der Waals surface area contributed by atoms with Crippen LogP contribution in [0.25, 0.3) is 0 Å². The Kier molecular flexibility index (Phi) is 4.53. The van der Waals surface area contributed by atoms with Gasteiger partial charge in [0.1, 0.15) is 0 Å². The van der Waals surface area contributed by atoms with Crippen LogP contribution in [0.15, 0.2) is 29.6 Å². The summed E-state index contributed by atoms with van der Waals surface area (Å²) in [4.78, 5) is 17.2. The van der Waals surface area contributed by atoms with Gasteiger partial charge in [-0.25, -0.2) is 4.98 Å². The third-order valence-corrected chi connectivity index (χ3v) is 3.78. The van der Waals surface area contributed by atoms with Gasteiger partial charge in [-0.15, -0.1) is 22.9 Å². The van der Waals surface area contributed by atoms with Crippen LogP contribution in [-0.2, 0) is 16.9 Å². The predicted octanol–water partition coefficient (Wildman–Crippen LogP) is 4.59. The summed E-state index contributed by atoms with van der Waals surface area (Å²) in [6.07, 6.45) is -4.41. The average Bonchev–Trinajstić information content (AvgIpc) is 2.86. The van der Waals surface area contributed by atoms with Crippen LogP contribution in [0.3, 0.4) is 0 Å². The van der Waals surface area contributed by atoms with Crippen LogP contribution in [0.1, 0.15) is 18.2 Å². The van der Waals surface area contributed by atoms with Crippen molar-refractivity contribution in [2.45, 2.75) is 19.0 Å². The largest absolute Gasteiger partial charge is 0.416 e. The number of thiazole rings is 1. The minimum Gasteiger partial charge on any atom is -0.274 e. The smallest absolute Gasteiger partial charge is 0.274 e. The van der Waals surface area contributed by atoms with Crippen molar-refractivity contribution >= 4 is 39.7 Å². The van der Waals surface area contributed by atoms with E-state index in [1.54, 1.807) is 5.38 Å². The summed E-state index contributed by atoms with van der Waals surface area (Å²) in [5, 5.41) is 2.07. The van der Waals surface area contributed by atoms with E-state index in [9.17, 15) is 18.0 Å².